The van der Waals surface area contributed by atoms with Crippen LogP contribution in [0.5, 0.6) is 0 Å². The molecule has 0 saturated carbocycles. The van der Waals surface area contributed by atoms with Crippen molar-refractivity contribution in [1.82, 2.24) is 25.4 Å². The second kappa shape index (κ2) is 11.7. The molecule has 0 spiro atoms. The molecule has 160 valence electrons. The van der Waals surface area contributed by atoms with E-state index < -0.39 is 11.7 Å². The van der Waals surface area contributed by atoms with Crippen LogP contribution in [0.25, 0.3) is 0 Å². The van der Waals surface area contributed by atoms with Gasteiger partial charge in [-0.2, -0.15) is 24.9 Å². The minimum Gasteiger partial charge on any atom is -0.356 e. The highest BCUT2D eigenvalue weighted by atomic mass is 32.2. The molecule has 0 aliphatic heterocycles. The molecule has 1 aromatic heterocycles. The Kier molecular flexibility index (Phi) is 9.30. The number of nitrogens with one attached hydrogen (secondary N) is 2. The first-order valence-electron chi connectivity index (χ1n) is 9.48. The molecular weight excluding hydrogens is 401 g/mol. The van der Waals surface area contributed by atoms with Gasteiger partial charge in [0, 0.05) is 31.8 Å². The number of benzene rings is 1. The van der Waals surface area contributed by atoms with Crippen LogP contribution in [0.15, 0.2) is 35.6 Å². The summed E-state index contributed by atoms with van der Waals surface area (Å²) in [5.74, 6) is 2.54. The van der Waals surface area contributed by atoms with Gasteiger partial charge in [-0.05, 0) is 30.4 Å². The molecular formula is C19H27F3N6S. The van der Waals surface area contributed by atoms with E-state index in [1.807, 2.05) is 17.7 Å². The Hall–Kier alpha value is -2.23. The monoisotopic (exact) mass is 428 g/mol. The maximum absolute atomic E-state index is 12.6. The van der Waals surface area contributed by atoms with Crippen LogP contribution >= 0.6 is 11.8 Å². The number of halogens is 3. The molecule has 0 atom stereocenters. The van der Waals surface area contributed by atoms with E-state index in [-0.39, 0.29) is 0 Å². The first kappa shape index (κ1) is 23.1. The second-order valence-corrected chi connectivity index (χ2v) is 7.30. The van der Waals surface area contributed by atoms with Gasteiger partial charge in [-0.15, -0.1) is 10.2 Å². The number of alkyl halides is 3. The van der Waals surface area contributed by atoms with Crippen molar-refractivity contribution in [3.8, 4) is 0 Å². The molecule has 0 unspecified atom stereocenters. The summed E-state index contributed by atoms with van der Waals surface area (Å²) in [5.41, 5.74) is 0.210. The third-order valence-corrected chi connectivity index (χ3v) is 4.80. The number of thioether (sulfide) groups is 1. The number of rotatable bonds is 10. The first-order valence-corrected chi connectivity index (χ1v) is 10.9. The Morgan fingerprint density at radius 2 is 1.90 bits per heavy atom. The summed E-state index contributed by atoms with van der Waals surface area (Å²) in [4.78, 5) is 4.54. The Labute approximate surface area is 173 Å². The topological polar surface area (TPSA) is 67.1 Å². The summed E-state index contributed by atoms with van der Waals surface area (Å²) in [6, 6.07) is 5.26. The lowest BCUT2D eigenvalue weighted by Gasteiger charge is -2.14. The SMILES string of the molecule is CCc1nncn1CCNC(=NCCSC)NCCc1ccc(C(F)(F)F)cc1. The van der Waals surface area contributed by atoms with Crippen molar-refractivity contribution in [2.75, 3.05) is 31.6 Å². The molecule has 10 heteroatoms. The maximum atomic E-state index is 12.6. The number of nitrogens with zero attached hydrogens (tertiary/aromatic N) is 4. The molecule has 0 amide bonds. The Morgan fingerprint density at radius 1 is 1.17 bits per heavy atom. The summed E-state index contributed by atoms with van der Waals surface area (Å²) >= 11 is 1.72. The molecule has 0 aliphatic carbocycles. The molecule has 1 heterocycles. The lowest BCUT2D eigenvalue weighted by atomic mass is 10.1. The Bertz CT molecular complexity index is 758. The van der Waals surface area contributed by atoms with Crippen LogP contribution < -0.4 is 10.6 Å². The van der Waals surface area contributed by atoms with Gasteiger partial charge in [0.2, 0.25) is 0 Å². The average Bonchev–Trinajstić information content (AvgIpc) is 3.15. The van der Waals surface area contributed by atoms with Crippen molar-refractivity contribution in [2.24, 2.45) is 4.99 Å². The van der Waals surface area contributed by atoms with E-state index in [1.165, 1.54) is 12.1 Å². The number of aliphatic imine (C=N–C) groups is 1. The molecule has 2 aromatic rings. The summed E-state index contributed by atoms with van der Waals surface area (Å²) < 4.78 is 39.9. The summed E-state index contributed by atoms with van der Waals surface area (Å²) in [6.45, 7) is 4.67. The Morgan fingerprint density at radius 3 is 2.55 bits per heavy atom. The van der Waals surface area contributed by atoms with Gasteiger partial charge in [0.1, 0.15) is 12.2 Å². The number of hydrogen-bond acceptors (Lipinski definition) is 4. The van der Waals surface area contributed by atoms with Crippen LogP contribution in [-0.4, -0.2) is 52.4 Å². The quantitative estimate of drug-likeness (QED) is 0.346. The first-order chi connectivity index (χ1) is 13.9. The maximum Gasteiger partial charge on any atom is 0.416 e. The molecule has 2 rings (SSSR count). The molecule has 0 saturated heterocycles. The highest BCUT2D eigenvalue weighted by Crippen LogP contribution is 2.29. The number of hydrogen-bond donors (Lipinski definition) is 2. The van der Waals surface area contributed by atoms with Crippen LogP contribution in [0.1, 0.15) is 23.9 Å². The van der Waals surface area contributed by atoms with Gasteiger partial charge in [0.05, 0.1) is 12.1 Å². The van der Waals surface area contributed by atoms with E-state index in [4.69, 9.17) is 0 Å². The number of aryl methyl sites for hydroxylation is 1. The van der Waals surface area contributed by atoms with Gasteiger partial charge in [0.15, 0.2) is 5.96 Å². The zero-order valence-corrected chi connectivity index (χ0v) is 17.5. The third kappa shape index (κ3) is 7.96. The van der Waals surface area contributed by atoms with Crippen molar-refractivity contribution in [3.05, 3.63) is 47.5 Å². The number of guanidine groups is 1. The fraction of sp³-hybridized carbons (Fsp3) is 0.526. The second-order valence-electron chi connectivity index (χ2n) is 6.32. The fourth-order valence-electron chi connectivity index (χ4n) is 2.64. The van der Waals surface area contributed by atoms with E-state index in [9.17, 15) is 13.2 Å². The van der Waals surface area contributed by atoms with Gasteiger partial charge in [0.25, 0.3) is 0 Å². The van der Waals surface area contributed by atoms with E-state index in [0.29, 0.717) is 32.0 Å². The van der Waals surface area contributed by atoms with Gasteiger partial charge < -0.3 is 15.2 Å². The summed E-state index contributed by atoms with van der Waals surface area (Å²) in [6.07, 6.45) is 0.856. The summed E-state index contributed by atoms with van der Waals surface area (Å²) in [5, 5.41) is 14.5. The molecule has 6 nitrogen and oxygen atoms in total. The van der Waals surface area contributed by atoms with Crippen LogP contribution in [0.3, 0.4) is 0 Å². The van der Waals surface area contributed by atoms with Crippen LogP contribution in [0, 0.1) is 0 Å². The van der Waals surface area contributed by atoms with Gasteiger partial charge in [-0.3, -0.25) is 4.99 Å². The standard InChI is InChI=1S/C19H27F3N6S/c1-3-17-27-26-14-28(17)12-10-24-18(25-11-13-29-2)23-9-8-15-4-6-16(7-5-15)19(20,21)22/h4-7,14H,3,8-13H2,1-2H3,(H2,23,24,25). The third-order valence-electron chi connectivity index (χ3n) is 4.21. The van der Waals surface area contributed by atoms with Crippen molar-refractivity contribution >= 4 is 17.7 Å². The highest BCUT2D eigenvalue weighted by molar-refractivity contribution is 7.98. The predicted molar refractivity (Wildman–Crippen MR) is 111 cm³/mol. The largest absolute Gasteiger partial charge is 0.416 e. The zero-order valence-electron chi connectivity index (χ0n) is 16.7. The average molecular weight is 429 g/mol. The van der Waals surface area contributed by atoms with Crippen molar-refractivity contribution in [1.29, 1.82) is 0 Å². The van der Waals surface area contributed by atoms with E-state index in [2.05, 4.69) is 25.8 Å². The lowest BCUT2D eigenvalue weighted by molar-refractivity contribution is -0.137. The van der Waals surface area contributed by atoms with E-state index in [1.54, 1.807) is 18.1 Å². The molecule has 0 radical (unpaired) electrons. The number of aromatic nitrogens is 3. The predicted octanol–water partition coefficient (Wildman–Crippen LogP) is 3.00. The Balaban J connectivity index is 1.83. The highest BCUT2D eigenvalue weighted by Gasteiger charge is 2.29. The zero-order chi connectivity index (χ0) is 21.1. The lowest BCUT2D eigenvalue weighted by Crippen LogP contribution is -2.40. The normalized spacial score (nSPS) is 12.2. The molecule has 1 aromatic carbocycles. The van der Waals surface area contributed by atoms with E-state index >= 15 is 0 Å². The van der Waals surface area contributed by atoms with Crippen molar-refractivity contribution in [3.63, 3.8) is 0 Å². The van der Waals surface area contributed by atoms with Crippen LogP contribution in [0.2, 0.25) is 0 Å². The fourth-order valence-corrected chi connectivity index (χ4v) is 2.92. The van der Waals surface area contributed by atoms with Crippen LogP contribution in [-0.2, 0) is 25.6 Å². The smallest absolute Gasteiger partial charge is 0.356 e. The van der Waals surface area contributed by atoms with E-state index in [0.717, 1.165) is 42.2 Å². The molecule has 0 aliphatic rings. The minimum absolute atomic E-state index is 0.573. The minimum atomic E-state index is -4.31. The molecule has 2 N–H and O–H groups in total. The van der Waals surface area contributed by atoms with Gasteiger partial charge in [-0.25, -0.2) is 0 Å². The molecule has 0 fully saturated rings. The molecule has 29 heavy (non-hydrogen) atoms. The van der Waals surface area contributed by atoms with Gasteiger partial charge in [-0.1, -0.05) is 19.1 Å². The van der Waals surface area contributed by atoms with Crippen LogP contribution in [0.4, 0.5) is 13.2 Å². The van der Waals surface area contributed by atoms with Crippen molar-refractivity contribution in [2.45, 2.75) is 32.5 Å². The molecule has 0 bridgehead atoms. The van der Waals surface area contributed by atoms with Crippen molar-refractivity contribution < 1.29 is 13.2 Å². The summed E-state index contributed by atoms with van der Waals surface area (Å²) in [7, 11) is 0. The van der Waals surface area contributed by atoms with Gasteiger partial charge >= 0.3 is 6.18 Å².